The average Bonchev–Trinajstić information content (AvgIpc) is 2.37. The molecule has 0 bridgehead atoms. The number of nitriles is 1. The second-order valence-corrected chi connectivity index (χ2v) is 4.04. The quantitative estimate of drug-likeness (QED) is 0.877. The van der Waals surface area contributed by atoms with E-state index < -0.39 is 0 Å². The van der Waals surface area contributed by atoms with Gasteiger partial charge in [-0.2, -0.15) is 20.2 Å². The third-order valence-electron chi connectivity index (χ3n) is 2.10. The van der Waals surface area contributed by atoms with Gasteiger partial charge >= 0.3 is 6.01 Å². The van der Waals surface area contributed by atoms with E-state index in [4.69, 9.17) is 15.7 Å². The minimum absolute atomic E-state index is 0.0583. The third kappa shape index (κ3) is 3.13. The normalized spacial score (nSPS) is 10.2. The molecule has 0 fully saturated rings. The van der Waals surface area contributed by atoms with Crippen LogP contribution in [0.5, 0.6) is 6.01 Å². The van der Waals surface area contributed by atoms with E-state index >= 15 is 0 Å². The van der Waals surface area contributed by atoms with Crippen LogP contribution in [0.2, 0.25) is 0 Å². The summed E-state index contributed by atoms with van der Waals surface area (Å²) < 4.78 is 5.39. The van der Waals surface area contributed by atoms with E-state index in [1.165, 1.54) is 6.20 Å². The summed E-state index contributed by atoms with van der Waals surface area (Å²) in [5.41, 5.74) is 6.62. The fourth-order valence-corrected chi connectivity index (χ4v) is 1.39. The van der Waals surface area contributed by atoms with Crippen molar-refractivity contribution in [2.75, 3.05) is 5.73 Å². The fraction of sp³-hybridized carbons (Fsp3) is 0.250. The highest BCUT2D eigenvalue weighted by Crippen LogP contribution is 2.18. The van der Waals surface area contributed by atoms with E-state index in [0.717, 1.165) is 0 Å². The maximum absolute atomic E-state index is 8.84. The minimum Gasteiger partial charge on any atom is -0.461 e. The molecule has 2 heterocycles. The van der Waals surface area contributed by atoms with Gasteiger partial charge in [0.15, 0.2) is 5.82 Å². The number of hydrogen-bond donors (Lipinski definition) is 1. The van der Waals surface area contributed by atoms with Gasteiger partial charge in [0.1, 0.15) is 6.07 Å². The highest BCUT2D eigenvalue weighted by molar-refractivity contribution is 5.57. The Kier molecular flexibility index (Phi) is 3.52. The maximum atomic E-state index is 8.84. The first-order valence-corrected chi connectivity index (χ1v) is 5.62. The lowest BCUT2D eigenvalue weighted by Gasteiger charge is -2.09. The minimum atomic E-state index is -0.0711. The average molecular weight is 256 g/mol. The Balaban J connectivity index is 2.44. The molecular weight excluding hydrogens is 244 g/mol. The zero-order chi connectivity index (χ0) is 13.8. The summed E-state index contributed by atoms with van der Waals surface area (Å²) in [4.78, 5) is 16.0. The van der Waals surface area contributed by atoms with E-state index in [9.17, 15) is 0 Å². The highest BCUT2D eigenvalue weighted by Gasteiger charge is 2.10. The van der Waals surface area contributed by atoms with Crippen molar-refractivity contribution in [1.82, 2.24) is 19.9 Å². The molecule has 19 heavy (non-hydrogen) atoms. The first-order chi connectivity index (χ1) is 9.08. The van der Waals surface area contributed by atoms with Gasteiger partial charge in [-0.05, 0) is 19.9 Å². The van der Waals surface area contributed by atoms with Crippen LogP contribution in [0.25, 0.3) is 11.4 Å². The number of ether oxygens (including phenoxy) is 1. The number of anilines is 1. The third-order valence-corrected chi connectivity index (χ3v) is 2.10. The van der Waals surface area contributed by atoms with Crippen LogP contribution in [0, 0.1) is 11.3 Å². The van der Waals surface area contributed by atoms with Gasteiger partial charge in [-0.1, -0.05) is 0 Å². The molecule has 0 saturated carbocycles. The van der Waals surface area contributed by atoms with Crippen molar-refractivity contribution in [1.29, 1.82) is 5.26 Å². The summed E-state index contributed by atoms with van der Waals surface area (Å²) in [5, 5.41) is 8.84. The first-order valence-electron chi connectivity index (χ1n) is 5.62. The molecule has 0 aromatic carbocycles. The van der Waals surface area contributed by atoms with Crippen molar-refractivity contribution >= 4 is 5.95 Å². The van der Waals surface area contributed by atoms with Crippen molar-refractivity contribution < 1.29 is 4.74 Å². The van der Waals surface area contributed by atoms with E-state index in [1.54, 1.807) is 12.3 Å². The summed E-state index contributed by atoms with van der Waals surface area (Å²) in [5.74, 6) is 0.385. The smallest absolute Gasteiger partial charge is 0.322 e. The Morgan fingerprint density at radius 2 is 2.05 bits per heavy atom. The Bertz CT molecular complexity index is 634. The molecule has 2 aromatic rings. The maximum Gasteiger partial charge on any atom is 0.322 e. The van der Waals surface area contributed by atoms with Gasteiger partial charge in [0.2, 0.25) is 5.95 Å². The molecule has 0 aliphatic heterocycles. The molecule has 7 nitrogen and oxygen atoms in total. The molecular formula is C12H12N6O. The predicted octanol–water partition coefficient (Wildman–Crippen LogP) is 1.17. The van der Waals surface area contributed by atoms with Gasteiger partial charge in [-0.15, -0.1) is 0 Å². The van der Waals surface area contributed by atoms with Gasteiger partial charge in [-0.3, -0.25) is 4.98 Å². The van der Waals surface area contributed by atoms with Crippen LogP contribution in [0.1, 0.15) is 19.4 Å². The molecule has 0 saturated heterocycles. The second-order valence-electron chi connectivity index (χ2n) is 4.04. The molecule has 0 atom stereocenters. The molecule has 0 radical (unpaired) electrons. The summed E-state index contributed by atoms with van der Waals surface area (Å²) in [6.07, 6.45) is 2.94. The van der Waals surface area contributed by atoms with Crippen molar-refractivity contribution in [3.63, 3.8) is 0 Å². The van der Waals surface area contributed by atoms with Crippen LogP contribution in [-0.2, 0) is 0 Å². The summed E-state index contributed by atoms with van der Waals surface area (Å²) in [6.45, 7) is 3.72. The fourth-order valence-electron chi connectivity index (χ4n) is 1.39. The number of nitrogens with two attached hydrogens (primary N) is 1. The van der Waals surface area contributed by atoms with E-state index in [-0.39, 0.29) is 18.1 Å². The van der Waals surface area contributed by atoms with Gasteiger partial charge in [0.05, 0.1) is 11.7 Å². The molecule has 0 aliphatic carbocycles. The molecule has 0 amide bonds. The van der Waals surface area contributed by atoms with Gasteiger partial charge < -0.3 is 10.5 Å². The number of nitrogens with zero attached hydrogens (tertiary/aromatic N) is 5. The molecule has 96 valence electrons. The first kappa shape index (κ1) is 12.7. The predicted molar refractivity (Wildman–Crippen MR) is 67.9 cm³/mol. The van der Waals surface area contributed by atoms with Crippen molar-refractivity contribution in [3.05, 3.63) is 24.0 Å². The number of pyridine rings is 1. The Morgan fingerprint density at radius 1 is 1.26 bits per heavy atom. The topological polar surface area (TPSA) is 111 Å². The monoisotopic (exact) mass is 256 g/mol. The molecule has 0 spiro atoms. The van der Waals surface area contributed by atoms with Gasteiger partial charge in [0, 0.05) is 18.0 Å². The summed E-state index contributed by atoms with van der Waals surface area (Å²) >= 11 is 0. The van der Waals surface area contributed by atoms with Crippen LogP contribution < -0.4 is 10.5 Å². The highest BCUT2D eigenvalue weighted by atomic mass is 16.5. The van der Waals surface area contributed by atoms with Gasteiger partial charge in [-0.25, -0.2) is 0 Å². The zero-order valence-electron chi connectivity index (χ0n) is 10.5. The molecule has 7 heteroatoms. The lowest BCUT2D eigenvalue weighted by atomic mass is 10.2. The van der Waals surface area contributed by atoms with Crippen LogP contribution in [-0.4, -0.2) is 26.0 Å². The van der Waals surface area contributed by atoms with Crippen LogP contribution in [0.3, 0.4) is 0 Å². The number of rotatable bonds is 3. The number of aromatic nitrogens is 4. The van der Waals surface area contributed by atoms with E-state index in [2.05, 4.69) is 19.9 Å². The Morgan fingerprint density at radius 3 is 2.74 bits per heavy atom. The molecule has 2 rings (SSSR count). The van der Waals surface area contributed by atoms with E-state index in [1.807, 2.05) is 19.9 Å². The SMILES string of the molecule is CC(C)Oc1nc(N)nc(-c2cncc(C#N)c2)n1. The standard InChI is InChI=1S/C12H12N6O/c1-7(2)19-12-17-10(16-11(14)18-12)9-3-8(4-13)5-15-6-9/h3,5-7H,1-2H3,(H2,14,16,17,18). The Labute approximate surface area is 110 Å². The molecule has 2 N–H and O–H groups in total. The van der Waals surface area contributed by atoms with Crippen LogP contribution in [0.15, 0.2) is 18.5 Å². The Hall–Kier alpha value is -2.75. The van der Waals surface area contributed by atoms with Crippen LogP contribution in [0.4, 0.5) is 5.95 Å². The van der Waals surface area contributed by atoms with Gasteiger partial charge in [0.25, 0.3) is 0 Å². The molecule has 2 aromatic heterocycles. The largest absolute Gasteiger partial charge is 0.461 e. The number of nitrogen functional groups attached to an aromatic ring is 1. The second kappa shape index (κ2) is 5.27. The van der Waals surface area contributed by atoms with E-state index in [0.29, 0.717) is 17.0 Å². The number of hydrogen-bond acceptors (Lipinski definition) is 7. The van der Waals surface area contributed by atoms with Crippen LogP contribution >= 0.6 is 0 Å². The zero-order valence-corrected chi connectivity index (χ0v) is 10.5. The lowest BCUT2D eigenvalue weighted by Crippen LogP contribution is -2.11. The molecule has 0 aliphatic rings. The summed E-state index contributed by atoms with van der Waals surface area (Å²) in [6, 6.07) is 3.78. The summed E-state index contributed by atoms with van der Waals surface area (Å²) in [7, 11) is 0. The lowest BCUT2D eigenvalue weighted by molar-refractivity contribution is 0.222. The van der Waals surface area contributed by atoms with Crippen molar-refractivity contribution in [2.24, 2.45) is 0 Å². The molecule has 0 unspecified atom stereocenters. The van der Waals surface area contributed by atoms with Crippen molar-refractivity contribution in [3.8, 4) is 23.5 Å². The van der Waals surface area contributed by atoms with Crippen molar-refractivity contribution in [2.45, 2.75) is 20.0 Å².